The van der Waals surface area contributed by atoms with Gasteiger partial charge in [-0.25, -0.2) is 9.97 Å². The third kappa shape index (κ3) is 4.55. The Morgan fingerprint density at radius 1 is 0.905 bits per heavy atom. The van der Waals surface area contributed by atoms with Gasteiger partial charge in [0.1, 0.15) is 5.82 Å². The van der Waals surface area contributed by atoms with Crippen molar-refractivity contribution in [2.75, 3.05) is 5.73 Å². The van der Waals surface area contributed by atoms with Crippen LogP contribution in [0.1, 0.15) is 39.0 Å². The van der Waals surface area contributed by atoms with E-state index in [0.29, 0.717) is 17.7 Å². The Morgan fingerprint density at radius 2 is 1.52 bits per heavy atom. The molecule has 0 spiro atoms. The zero-order valence-corrected chi connectivity index (χ0v) is 13.4. The van der Waals surface area contributed by atoms with Crippen LogP contribution in [0.3, 0.4) is 0 Å². The van der Waals surface area contributed by atoms with Crippen LogP contribution >= 0.6 is 0 Å². The van der Waals surface area contributed by atoms with E-state index in [1.807, 2.05) is 6.07 Å². The van der Waals surface area contributed by atoms with Gasteiger partial charge in [0.25, 0.3) is 0 Å². The van der Waals surface area contributed by atoms with Gasteiger partial charge in [-0.15, -0.1) is 0 Å². The standard InChI is InChI=1S/C18H25N3/c1-12(2)9-14-5-7-15(8-6-14)18-20-16(10-13(3)4)11-17(19)21-18/h5-8,11-13H,9-10H2,1-4H3,(H2,19,20,21). The summed E-state index contributed by atoms with van der Waals surface area (Å²) in [5.74, 6) is 2.49. The van der Waals surface area contributed by atoms with Gasteiger partial charge in [-0.3, -0.25) is 0 Å². The minimum atomic E-state index is 0.543. The predicted octanol–water partition coefficient (Wildman–Crippen LogP) is 4.12. The lowest BCUT2D eigenvalue weighted by Gasteiger charge is -2.09. The Morgan fingerprint density at radius 3 is 2.10 bits per heavy atom. The molecule has 0 fully saturated rings. The molecule has 21 heavy (non-hydrogen) atoms. The van der Waals surface area contributed by atoms with Crippen LogP contribution in [0.15, 0.2) is 30.3 Å². The van der Waals surface area contributed by atoms with Crippen LogP contribution in [0, 0.1) is 11.8 Å². The van der Waals surface area contributed by atoms with Crippen LogP contribution in [0.2, 0.25) is 0 Å². The van der Waals surface area contributed by atoms with Crippen molar-refractivity contribution in [3.05, 3.63) is 41.6 Å². The van der Waals surface area contributed by atoms with E-state index in [-0.39, 0.29) is 0 Å². The van der Waals surface area contributed by atoms with E-state index in [1.165, 1.54) is 5.56 Å². The van der Waals surface area contributed by atoms with Crippen LogP contribution in [-0.2, 0) is 12.8 Å². The first-order valence-electron chi connectivity index (χ1n) is 7.66. The Labute approximate surface area is 127 Å². The summed E-state index contributed by atoms with van der Waals surface area (Å²) in [6, 6.07) is 10.4. The summed E-state index contributed by atoms with van der Waals surface area (Å²) in [5.41, 5.74) is 9.30. The fourth-order valence-electron chi connectivity index (χ4n) is 2.43. The van der Waals surface area contributed by atoms with Crippen molar-refractivity contribution in [1.29, 1.82) is 0 Å². The molecule has 2 N–H and O–H groups in total. The number of rotatable bonds is 5. The minimum absolute atomic E-state index is 0.543. The van der Waals surface area contributed by atoms with Gasteiger partial charge in [0.2, 0.25) is 0 Å². The number of nitrogens with two attached hydrogens (primary N) is 1. The molecular weight excluding hydrogens is 258 g/mol. The highest BCUT2D eigenvalue weighted by molar-refractivity contribution is 5.57. The molecule has 0 aliphatic rings. The number of nitrogens with zero attached hydrogens (tertiary/aromatic N) is 2. The molecule has 0 aliphatic heterocycles. The molecule has 0 unspecified atom stereocenters. The van der Waals surface area contributed by atoms with E-state index >= 15 is 0 Å². The van der Waals surface area contributed by atoms with Gasteiger partial charge in [-0.1, -0.05) is 52.0 Å². The molecule has 1 aromatic heterocycles. The molecule has 112 valence electrons. The zero-order chi connectivity index (χ0) is 15.4. The third-order valence-corrected chi connectivity index (χ3v) is 3.27. The summed E-state index contributed by atoms with van der Waals surface area (Å²) in [5, 5.41) is 0. The number of anilines is 1. The molecule has 0 amide bonds. The molecule has 0 saturated carbocycles. The Kier molecular flexibility index (Phi) is 4.94. The highest BCUT2D eigenvalue weighted by Gasteiger charge is 2.07. The van der Waals surface area contributed by atoms with Crippen LogP contribution in [-0.4, -0.2) is 9.97 Å². The summed E-state index contributed by atoms with van der Waals surface area (Å²) >= 11 is 0. The van der Waals surface area contributed by atoms with E-state index in [0.717, 1.165) is 29.9 Å². The van der Waals surface area contributed by atoms with E-state index < -0.39 is 0 Å². The van der Waals surface area contributed by atoms with Gasteiger partial charge >= 0.3 is 0 Å². The van der Waals surface area contributed by atoms with Gasteiger partial charge in [-0.05, 0) is 30.2 Å². The lowest BCUT2D eigenvalue weighted by molar-refractivity contribution is 0.635. The lowest BCUT2D eigenvalue weighted by Crippen LogP contribution is -2.03. The third-order valence-electron chi connectivity index (χ3n) is 3.27. The topological polar surface area (TPSA) is 51.8 Å². The van der Waals surface area contributed by atoms with Gasteiger partial charge in [-0.2, -0.15) is 0 Å². The van der Waals surface area contributed by atoms with Crippen molar-refractivity contribution >= 4 is 5.82 Å². The first-order chi connectivity index (χ1) is 9.94. The zero-order valence-electron chi connectivity index (χ0n) is 13.4. The van der Waals surface area contributed by atoms with Crippen LogP contribution in [0.25, 0.3) is 11.4 Å². The maximum absolute atomic E-state index is 5.92. The van der Waals surface area contributed by atoms with Crippen LogP contribution in [0.4, 0.5) is 5.82 Å². The highest BCUT2D eigenvalue weighted by Crippen LogP contribution is 2.20. The van der Waals surface area contributed by atoms with Crippen molar-refractivity contribution < 1.29 is 0 Å². The minimum Gasteiger partial charge on any atom is -0.384 e. The number of nitrogen functional groups attached to an aromatic ring is 1. The van der Waals surface area contributed by atoms with Crippen molar-refractivity contribution in [2.45, 2.75) is 40.5 Å². The Bertz CT molecular complexity index is 586. The summed E-state index contributed by atoms with van der Waals surface area (Å²) in [6.45, 7) is 8.82. The smallest absolute Gasteiger partial charge is 0.161 e. The second kappa shape index (κ2) is 6.70. The Balaban J connectivity index is 2.26. The molecule has 3 heteroatoms. The van der Waals surface area contributed by atoms with Gasteiger partial charge in [0.05, 0.1) is 0 Å². The van der Waals surface area contributed by atoms with Crippen LogP contribution in [0.5, 0.6) is 0 Å². The highest BCUT2D eigenvalue weighted by atomic mass is 14.9. The molecule has 2 aromatic rings. The molecule has 0 bridgehead atoms. The van der Waals surface area contributed by atoms with Crippen molar-refractivity contribution in [1.82, 2.24) is 9.97 Å². The second-order valence-electron chi connectivity index (χ2n) is 6.50. The quantitative estimate of drug-likeness (QED) is 0.898. The monoisotopic (exact) mass is 283 g/mol. The molecule has 2 rings (SSSR count). The molecular formula is C18H25N3. The van der Waals surface area contributed by atoms with Gasteiger partial charge in [0, 0.05) is 17.3 Å². The number of hydrogen-bond donors (Lipinski definition) is 1. The first-order valence-corrected chi connectivity index (χ1v) is 7.66. The van der Waals surface area contributed by atoms with E-state index in [1.54, 1.807) is 0 Å². The van der Waals surface area contributed by atoms with Crippen molar-refractivity contribution in [3.8, 4) is 11.4 Å². The summed E-state index contributed by atoms with van der Waals surface area (Å²) in [7, 11) is 0. The maximum Gasteiger partial charge on any atom is 0.161 e. The van der Waals surface area contributed by atoms with Crippen LogP contribution < -0.4 is 5.73 Å². The van der Waals surface area contributed by atoms with E-state index in [4.69, 9.17) is 5.73 Å². The molecule has 0 radical (unpaired) electrons. The second-order valence-corrected chi connectivity index (χ2v) is 6.50. The molecule has 1 heterocycles. The predicted molar refractivity (Wildman–Crippen MR) is 89.0 cm³/mol. The summed E-state index contributed by atoms with van der Waals surface area (Å²) < 4.78 is 0. The summed E-state index contributed by atoms with van der Waals surface area (Å²) in [4.78, 5) is 9.01. The summed E-state index contributed by atoms with van der Waals surface area (Å²) in [6.07, 6.45) is 2.02. The van der Waals surface area contributed by atoms with Gasteiger partial charge < -0.3 is 5.73 Å². The van der Waals surface area contributed by atoms with E-state index in [9.17, 15) is 0 Å². The maximum atomic E-state index is 5.92. The lowest BCUT2D eigenvalue weighted by atomic mass is 10.0. The van der Waals surface area contributed by atoms with E-state index in [2.05, 4.69) is 61.9 Å². The number of aromatic nitrogens is 2. The van der Waals surface area contributed by atoms with Crippen molar-refractivity contribution in [3.63, 3.8) is 0 Å². The molecule has 0 aliphatic carbocycles. The fourth-order valence-corrected chi connectivity index (χ4v) is 2.43. The molecule has 0 saturated heterocycles. The number of hydrogen-bond acceptors (Lipinski definition) is 3. The average molecular weight is 283 g/mol. The average Bonchev–Trinajstić information content (AvgIpc) is 2.37. The van der Waals surface area contributed by atoms with Gasteiger partial charge in [0.15, 0.2) is 5.82 Å². The first kappa shape index (κ1) is 15.5. The normalized spacial score (nSPS) is 11.3. The molecule has 1 aromatic carbocycles. The molecule has 3 nitrogen and oxygen atoms in total. The fraction of sp³-hybridized carbons (Fsp3) is 0.444. The number of benzene rings is 1. The largest absolute Gasteiger partial charge is 0.384 e. The Hall–Kier alpha value is -1.90. The SMILES string of the molecule is CC(C)Cc1ccc(-c2nc(N)cc(CC(C)C)n2)cc1. The van der Waals surface area contributed by atoms with Crippen molar-refractivity contribution in [2.24, 2.45) is 11.8 Å². The molecule has 0 atom stereocenters.